The van der Waals surface area contributed by atoms with Gasteiger partial charge in [0, 0.05) is 30.1 Å². The van der Waals surface area contributed by atoms with Gasteiger partial charge >= 0.3 is 0 Å². The highest BCUT2D eigenvalue weighted by Crippen LogP contribution is 2.30. The van der Waals surface area contributed by atoms with Gasteiger partial charge in [0.2, 0.25) is 0 Å². The molecule has 1 aromatic carbocycles. The molecule has 0 radical (unpaired) electrons. The van der Waals surface area contributed by atoms with E-state index in [9.17, 15) is 0 Å². The molecule has 1 aromatic rings. The third-order valence-electron chi connectivity index (χ3n) is 4.06. The van der Waals surface area contributed by atoms with Crippen molar-refractivity contribution >= 4 is 21.6 Å². The average Bonchev–Trinajstić information content (AvgIpc) is 2.45. The summed E-state index contributed by atoms with van der Waals surface area (Å²) in [4.78, 5) is 4.86. The molecule has 1 heterocycles. The van der Waals surface area contributed by atoms with Crippen molar-refractivity contribution in [3.05, 3.63) is 28.2 Å². The first kappa shape index (κ1) is 15.8. The summed E-state index contributed by atoms with van der Waals surface area (Å²) in [5, 5.41) is 3.37. The molecule has 112 valence electrons. The van der Waals surface area contributed by atoms with Crippen LogP contribution < -0.4 is 10.2 Å². The summed E-state index contributed by atoms with van der Waals surface area (Å²) in [5.41, 5.74) is 2.67. The van der Waals surface area contributed by atoms with Crippen molar-refractivity contribution in [3.8, 4) is 0 Å². The Kier molecular flexibility index (Phi) is 5.87. The van der Waals surface area contributed by atoms with Crippen LogP contribution in [0.25, 0.3) is 0 Å². The minimum Gasteiger partial charge on any atom is -0.369 e. The fourth-order valence-corrected chi connectivity index (χ4v) is 3.46. The monoisotopic (exact) mass is 339 g/mol. The molecule has 1 fully saturated rings. The molecule has 0 aliphatic carbocycles. The highest BCUT2D eigenvalue weighted by Gasteiger charge is 2.22. The Labute approximate surface area is 131 Å². The fourth-order valence-electron chi connectivity index (χ4n) is 2.78. The Hall–Kier alpha value is -0.580. The summed E-state index contributed by atoms with van der Waals surface area (Å²) in [7, 11) is 4.37. The van der Waals surface area contributed by atoms with Gasteiger partial charge in [0.05, 0.1) is 5.69 Å². The molecule has 0 saturated carbocycles. The van der Waals surface area contributed by atoms with E-state index in [4.69, 9.17) is 0 Å². The Morgan fingerprint density at radius 1 is 1.40 bits per heavy atom. The topological polar surface area (TPSA) is 18.5 Å². The molecule has 1 unspecified atom stereocenters. The van der Waals surface area contributed by atoms with E-state index < -0.39 is 0 Å². The van der Waals surface area contributed by atoms with E-state index in [-0.39, 0.29) is 0 Å². The van der Waals surface area contributed by atoms with E-state index in [2.05, 4.69) is 70.3 Å². The van der Waals surface area contributed by atoms with Gasteiger partial charge in [0.15, 0.2) is 0 Å². The third-order valence-corrected chi connectivity index (χ3v) is 4.69. The van der Waals surface area contributed by atoms with E-state index in [1.165, 1.54) is 28.6 Å². The van der Waals surface area contributed by atoms with E-state index in [0.717, 1.165) is 26.2 Å². The smallest absolute Gasteiger partial charge is 0.0511 e. The van der Waals surface area contributed by atoms with Crippen LogP contribution in [0.5, 0.6) is 0 Å². The summed E-state index contributed by atoms with van der Waals surface area (Å²) in [6.07, 6.45) is 2.58. The van der Waals surface area contributed by atoms with Crippen molar-refractivity contribution < 1.29 is 0 Å². The minimum absolute atomic E-state index is 0.664. The van der Waals surface area contributed by atoms with Gasteiger partial charge in [0.25, 0.3) is 0 Å². The number of nitrogens with zero attached hydrogens (tertiary/aromatic N) is 2. The molecule has 1 aliphatic heterocycles. The second-order valence-electron chi connectivity index (χ2n) is 5.77. The highest BCUT2D eigenvalue weighted by molar-refractivity contribution is 9.10. The van der Waals surface area contributed by atoms with Crippen LogP contribution in [0.1, 0.15) is 25.3 Å². The molecular weight excluding hydrogens is 314 g/mol. The van der Waals surface area contributed by atoms with Gasteiger partial charge in [-0.25, -0.2) is 0 Å². The normalized spacial score (nSPS) is 19.6. The lowest BCUT2D eigenvalue weighted by molar-refractivity contribution is 0.258. The summed E-state index contributed by atoms with van der Waals surface area (Å²) in [6, 6.07) is 7.41. The van der Waals surface area contributed by atoms with Crippen LogP contribution in [0.3, 0.4) is 0 Å². The molecule has 4 heteroatoms. The zero-order valence-corrected chi connectivity index (χ0v) is 14.4. The molecule has 0 amide bonds. The summed E-state index contributed by atoms with van der Waals surface area (Å²) in [6.45, 7) is 6.37. The maximum atomic E-state index is 3.75. The van der Waals surface area contributed by atoms with Crippen molar-refractivity contribution in [1.29, 1.82) is 0 Å². The lowest BCUT2D eigenvalue weighted by atomic mass is 10.0. The van der Waals surface area contributed by atoms with Gasteiger partial charge < -0.3 is 15.1 Å². The molecule has 1 N–H and O–H groups in total. The van der Waals surface area contributed by atoms with Gasteiger partial charge in [-0.3, -0.25) is 0 Å². The van der Waals surface area contributed by atoms with Crippen molar-refractivity contribution in [2.24, 2.45) is 0 Å². The predicted molar refractivity (Wildman–Crippen MR) is 90.4 cm³/mol. The lowest BCUT2D eigenvalue weighted by Crippen LogP contribution is -2.45. The van der Waals surface area contributed by atoms with Gasteiger partial charge in [-0.15, -0.1) is 0 Å². The fraction of sp³-hybridized carbons (Fsp3) is 0.625. The quantitative estimate of drug-likeness (QED) is 0.889. The number of likely N-dealkylation sites (N-methyl/N-ethyl adjacent to an activating group) is 1. The van der Waals surface area contributed by atoms with Crippen LogP contribution in [0.2, 0.25) is 0 Å². The molecule has 3 nitrogen and oxygen atoms in total. The number of hydrogen-bond donors (Lipinski definition) is 1. The maximum absolute atomic E-state index is 3.75. The van der Waals surface area contributed by atoms with Gasteiger partial charge in [-0.05, 0) is 67.1 Å². The van der Waals surface area contributed by atoms with Gasteiger partial charge in [-0.2, -0.15) is 0 Å². The number of halogens is 1. The Balaban J connectivity index is 2.08. The second-order valence-corrected chi connectivity index (χ2v) is 6.63. The molecule has 1 saturated heterocycles. The number of anilines is 1. The first-order valence-electron chi connectivity index (χ1n) is 7.52. The van der Waals surface area contributed by atoms with Crippen LogP contribution in [-0.4, -0.2) is 44.7 Å². The number of rotatable bonds is 5. The Morgan fingerprint density at radius 3 is 2.85 bits per heavy atom. The second kappa shape index (κ2) is 7.43. The van der Waals surface area contributed by atoms with E-state index >= 15 is 0 Å². The zero-order chi connectivity index (χ0) is 14.5. The van der Waals surface area contributed by atoms with Gasteiger partial charge in [0.1, 0.15) is 0 Å². The zero-order valence-electron chi connectivity index (χ0n) is 12.8. The lowest BCUT2D eigenvalue weighted by Gasteiger charge is -2.38. The maximum Gasteiger partial charge on any atom is 0.0511 e. The first-order valence-corrected chi connectivity index (χ1v) is 8.31. The molecule has 1 atom stereocenters. The van der Waals surface area contributed by atoms with E-state index in [0.29, 0.717) is 6.04 Å². The van der Waals surface area contributed by atoms with Crippen LogP contribution in [-0.2, 0) is 6.54 Å². The standard InChI is InChI=1S/C16H26BrN3/c1-4-18-11-13-7-8-16(15(17)10-13)20-9-5-6-14(12-20)19(2)3/h7-8,10,14,18H,4-6,9,11-12H2,1-3H3. The van der Waals surface area contributed by atoms with Crippen LogP contribution >= 0.6 is 15.9 Å². The molecule has 20 heavy (non-hydrogen) atoms. The largest absolute Gasteiger partial charge is 0.369 e. The number of nitrogens with one attached hydrogen (secondary N) is 1. The Bertz CT molecular complexity index is 434. The molecule has 2 rings (SSSR count). The number of piperidine rings is 1. The number of benzene rings is 1. The number of hydrogen-bond acceptors (Lipinski definition) is 3. The van der Waals surface area contributed by atoms with Crippen molar-refractivity contribution in [2.45, 2.75) is 32.4 Å². The van der Waals surface area contributed by atoms with E-state index in [1.807, 2.05) is 0 Å². The average molecular weight is 340 g/mol. The summed E-state index contributed by atoms with van der Waals surface area (Å²) >= 11 is 3.75. The third kappa shape index (κ3) is 3.96. The molecule has 0 bridgehead atoms. The van der Waals surface area contributed by atoms with E-state index in [1.54, 1.807) is 0 Å². The molecule has 1 aliphatic rings. The minimum atomic E-state index is 0.664. The first-order chi connectivity index (χ1) is 9.61. The summed E-state index contributed by atoms with van der Waals surface area (Å²) < 4.78 is 1.22. The molecule has 0 aromatic heterocycles. The van der Waals surface area contributed by atoms with Crippen molar-refractivity contribution in [2.75, 3.05) is 38.6 Å². The Morgan fingerprint density at radius 2 is 2.20 bits per heavy atom. The van der Waals surface area contributed by atoms with Crippen molar-refractivity contribution in [3.63, 3.8) is 0 Å². The predicted octanol–water partition coefficient (Wildman–Crippen LogP) is 3.09. The van der Waals surface area contributed by atoms with Crippen LogP contribution in [0.4, 0.5) is 5.69 Å². The summed E-state index contributed by atoms with van der Waals surface area (Å²) in [5.74, 6) is 0. The SMILES string of the molecule is CCNCc1ccc(N2CCCC(N(C)C)C2)c(Br)c1. The molecule has 0 spiro atoms. The molecular formula is C16H26BrN3. The van der Waals surface area contributed by atoms with Gasteiger partial charge in [-0.1, -0.05) is 13.0 Å². The van der Waals surface area contributed by atoms with Crippen LogP contribution in [0.15, 0.2) is 22.7 Å². The van der Waals surface area contributed by atoms with Crippen LogP contribution in [0, 0.1) is 0 Å². The highest BCUT2D eigenvalue weighted by atomic mass is 79.9. The van der Waals surface area contributed by atoms with Crippen molar-refractivity contribution in [1.82, 2.24) is 10.2 Å².